The molecule has 2 N–H and O–H groups in total. The highest BCUT2D eigenvalue weighted by molar-refractivity contribution is 5.83. The number of hydrogen-bond donors (Lipinski definition) is 2. The molecule has 19 heavy (non-hydrogen) atoms. The second-order valence-electron chi connectivity index (χ2n) is 5.80. The molecule has 0 aliphatic carbocycles. The summed E-state index contributed by atoms with van der Waals surface area (Å²) in [5.41, 5.74) is -0.306. The summed E-state index contributed by atoms with van der Waals surface area (Å²) in [6.45, 7) is 5.50. The number of rotatable bonds is 3. The monoisotopic (exact) mass is 270 g/mol. The normalized spacial score (nSPS) is 34.5. The van der Waals surface area contributed by atoms with E-state index < -0.39 is 12.0 Å². The number of nitrogens with one attached hydrogen (secondary N) is 1. The Hall–Kier alpha value is -1.30. The van der Waals surface area contributed by atoms with Crippen LogP contribution in [-0.2, 0) is 9.53 Å². The van der Waals surface area contributed by atoms with Crippen LogP contribution in [0.25, 0.3) is 0 Å². The summed E-state index contributed by atoms with van der Waals surface area (Å²) in [6.07, 6.45) is 2.66. The number of carboxylic acid groups (broad SMARTS) is 1. The quantitative estimate of drug-likeness (QED) is 0.803. The van der Waals surface area contributed by atoms with Gasteiger partial charge in [-0.25, -0.2) is 9.59 Å². The first-order chi connectivity index (χ1) is 8.93. The molecule has 0 spiro atoms. The van der Waals surface area contributed by atoms with E-state index in [1.165, 1.54) is 4.90 Å². The van der Waals surface area contributed by atoms with Gasteiger partial charge in [0.2, 0.25) is 0 Å². The lowest BCUT2D eigenvalue weighted by molar-refractivity contribution is -0.142. The van der Waals surface area contributed by atoms with E-state index in [1.807, 2.05) is 13.8 Å². The molecule has 3 atom stereocenters. The number of urea groups is 1. The lowest BCUT2D eigenvalue weighted by Crippen LogP contribution is -2.50. The van der Waals surface area contributed by atoms with Crippen molar-refractivity contribution in [2.24, 2.45) is 5.92 Å². The summed E-state index contributed by atoms with van der Waals surface area (Å²) in [6, 6.07) is -1.01. The smallest absolute Gasteiger partial charge is 0.326 e. The van der Waals surface area contributed by atoms with Gasteiger partial charge in [-0.3, -0.25) is 0 Å². The molecule has 3 unspecified atom stereocenters. The number of carbonyl (C=O) groups is 2. The summed E-state index contributed by atoms with van der Waals surface area (Å²) in [5.74, 6) is -0.926. The number of ether oxygens (including phenoxy) is 1. The van der Waals surface area contributed by atoms with Crippen LogP contribution in [0.1, 0.15) is 33.1 Å². The average molecular weight is 270 g/mol. The summed E-state index contributed by atoms with van der Waals surface area (Å²) < 4.78 is 5.60. The molecule has 0 aromatic rings. The van der Waals surface area contributed by atoms with Gasteiger partial charge in [0.25, 0.3) is 0 Å². The van der Waals surface area contributed by atoms with Gasteiger partial charge in [0, 0.05) is 19.7 Å². The minimum atomic E-state index is -0.927. The Morgan fingerprint density at radius 2 is 2.26 bits per heavy atom. The third-order valence-electron chi connectivity index (χ3n) is 4.13. The van der Waals surface area contributed by atoms with E-state index in [9.17, 15) is 14.7 Å². The fourth-order valence-corrected chi connectivity index (χ4v) is 2.89. The van der Waals surface area contributed by atoms with Gasteiger partial charge in [-0.15, -0.1) is 0 Å². The predicted octanol–water partition coefficient (Wildman–Crippen LogP) is 1.06. The van der Waals surface area contributed by atoms with Crippen molar-refractivity contribution in [3.63, 3.8) is 0 Å². The molecule has 2 amide bonds. The molecule has 2 rings (SSSR count). The molecule has 0 aromatic carbocycles. The van der Waals surface area contributed by atoms with Crippen LogP contribution in [0.4, 0.5) is 4.79 Å². The molecule has 0 aromatic heterocycles. The van der Waals surface area contributed by atoms with Crippen molar-refractivity contribution in [2.45, 2.75) is 44.8 Å². The number of amides is 2. The molecular weight excluding hydrogens is 248 g/mol. The van der Waals surface area contributed by atoms with Crippen LogP contribution in [0, 0.1) is 5.92 Å². The van der Waals surface area contributed by atoms with Crippen molar-refractivity contribution >= 4 is 12.0 Å². The van der Waals surface area contributed by atoms with Crippen LogP contribution in [0.15, 0.2) is 0 Å². The van der Waals surface area contributed by atoms with E-state index in [1.54, 1.807) is 0 Å². The number of aliphatic carboxylic acids is 1. The standard InChI is InChI=1S/C13H22N2O4/c1-9-4-6-15(10(9)11(16)17)12(18)14-8-13(2)5-3-7-19-13/h9-10H,3-8H2,1-2H3,(H,14,18)(H,16,17). The molecule has 0 saturated carbocycles. The highest BCUT2D eigenvalue weighted by Gasteiger charge is 2.40. The van der Waals surface area contributed by atoms with Crippen LogP contribution >= 0.6 is 0 Å². The Balaban J connectivity index is 1.90. The SMILES string of the molecule is CC1CCN(C(=O)NCC2(C)CCCO2)C1C(=O)O. The van der Waals surface area contributed by atoms with E-state index in [2.05, 4.69) is 5.32 Å². The first kappa shape index (κ1) is 14.1. The Kier molecular flexibility index (Phi) is 3.99. The Labute approximate surface area is 113 Å². The maximum absolute atomic E-state index is 12.1. The number of nitrogens with zero attached hydrogens (tertiary/aromatic N) is 1. The van der Waals surface area contributed by atoms with Crippen LogP contribution in [0.2, 0.25) is 0 Å². The Morgan fingerprint density at radius 3 is 2.84 bits per heavy atom. The molecular formula is C13H22N2O4. The van der Waals surface area contributed by atoms with Gasteiger partial charge in [-0.1, -0.05) is 6.92 Å². The number of hydrogen-bond acceptors (Lipinski definition) is 3. The lowest BCUT2D eigenvalue weighted by Gasteiger charge is -2.27. The minimum Gasteiger partial charge on any atom is -0.480 e. The van der Waals surface area contributed by atoms with E-state index in [0.29, 0.717) is 13.1 Å². The first-order valence-corrected chi connectivity index (χ1v) is 6.84. The zero-order valence-electron chi connectivity index (χ0n) is 11.5. The molecule has 6 nitrogen and oxygen atoms in total. The third kappa shape index (κ3) is 3.00. The molecule has 0 bridgehead atoms. The highest BCUT2D eigenvalue weighted by atomic mass is 16.5. The second kappa shape index (κ2) is 5.36. The maximum Gasteiger partial charge on any atom is 0.326 e. The fourth-order valence-electron chi connectivity index (χ4n) is 2.89. The molecule has 0 radical (unpaired) electrons. The predicted molar refractivity (Wildman–Crippen MR) is 68.9 cm³/mol. The Morgan fingerprint density at radius 1 is 1.53 bits per heavy atom. The van der Waals surface area contributed by atoms with Gasteiger partial charge in [-0.05, 0) is 32.1 Å². The van der Waals surface area contributed by atoms with E-state index in [-0.39, 0.29) is 17.6 Å². The van der Waals surface area contributed by atoms with Crippen LogP contribution in [-0.4, -0.2) is 53.3 Å². The molecule has 2 aliphatic rings. The largest absolute Gasteiger partial charge is 0.480 e. The summed E-state index contributed by atoms with van der Waals surface area (Å²) >= 11 is 0. The van der Waals surface area contributed by atoms with E-state index in [4.69, 9.17) is 4.74 Å². The highest BCUT2D eigenvalue weighted by Crippen LogP contribution is 2.26. The fraction of sp³-hybridized carbons (Fsp3) is 0.846. The van der Waals surface area contributed by atoms with Gasteiger partial charge >= 0.3 is 12.0 Å². The number of likely N-dealkylation sites (tertiary alicyclic amines) is 1. The van der Waals surface area contributed by atoms with Crippen molar-refractivity contribution in [2.75, 3.05) is 19.7 Å². The summed E-state index contributed by atoms with van der Waals surface area (Å²) in [4.78, 5) is 24.7. The number of carboxylic acids is 1. The molecule has 2 fully saturated rings. The van der Waals surface area contributed by atoms with Crippen molar-refractivity contribution in [3.8, 4) is 0 Å². The molecule has 6 heteroatoms. The van der Waals surface area contributed by atoms with Crippen molar-refractivity contribution in [3.05, 3.63) is 0 Å². The third-order valence-corrected chi connectivity index (χ3v) is 4.13. The molecule has 2 heterocycles. The minimum absolute atomic E-state index is 0.00145. The molecule has 108 valence electrons. The van der Waals surface area contributed by atoms with Crippen LogP contribution in [0.3, 0.4) is 0 Å². The van der Waals surface area contributed by atoms with Gasteiger partial charge in [0.1, 0.15) is 6.04 Å². The zero-order valence-corrected chi connectivity index (χ0v) is 11.5. The topological polar surface area (TPSA) is 78.9 Å². The summed E-state index contributed by atoms with van der Waals surface area (Å²) in [7, 11) is 0. The van der Waals surface area contributed by atoms with Crippen LogP contribution in [0.5, 0.6) is 0 Å². The van der Waals surface area contributed by atoms with Gasteiger partial charge in [-0.2, -0.15) is 0 Å². The molecule has 2 aliphatic heterocycles. The lowest BCUT2D eigenvalue weighted by atomic mass is 10.0. The van der Waals surface area contributed by atoms with Crippen molar-refractivity contribution in [1.82, 2.24) is 10.2 Å². The summed E-state index contributed by atoms with van der Waals surface area (Å²) in [5, 5.41) is 12.0. The first-order valence-electron chi connectivity index (χ1n) is 6.84. The van der Waals surface area contributed by atoms with Crippen LogP contribution < -0.4 is 5.32 Å². The maximum atomic E-state index is 12.1. The zero-order chi connectivity index (χ0) is 14.0. The molecule has 2 saturated heterocycles. The van der Waals surface area contributed by atoms with E-state index >= 15 is 0 Å². The van der Waals surface area contributed by atoms with E-state index in [0.717, 1.165) is 25.9 Å². The van der Waals surface area contributed by atoms with Crippen molar-refractivity contribution in [1.29, 1.82) is 0 Å². The van der Waals surface area contributed by atoms with Crippen molar-refractivity contribution < 1.29 is 19.4 Å². The second-order valence-corrected chi connectivity index (χ2v) is 5.80. The van der Waals surface area contributed by atoms with Gasteiger partial charge in [0.05, 0.1) is 5.60 Å². The Bertz CT molecular complexity index is 366. The average Bonchev–Trinajstić information content (AvgIpc) is 2.93. The number of carbonyl (C=O) groups excluding carboxylic acids is 1. The van der Waals surface area contributed by atoms with Gasteiger partial charge in [0.15, 0.2) is 0 Å². The van der Waals surface area contributed by atoms with Gasteiger partial charge < -0.3 is 20.1 Å².